The lowest BCUT2D eigenvalue weighted by molar-refractivity contribution is 0.467. The molecule has 2 N–H and O–H groups in total. The molecule has 1 heterocycles. The summed E-state index contributed by atoms with van der Waals surface area (Å²) in [5.74, 6) is 0.258. The fourth-order valence-electron chi connectivity index (χ4n) is 1.80. The third kappa shape index (κ3) is 1.66. The van der Waals surface area contributed by atoms with E-state index in [0.717, 1.165) is 5.56 Å². The van der Waals surface area contributed by atoms with Gasteiger partial charge in [-0.25, -0.2) is 0 Å². The van der Waals surface area contributed by atoms with Gasteiger partial charge in [0.15, 0.2) is 0 Å². The summed E-state index contributed by atoms with van der Waals surface area (Å²) >= 11 is 0. The molecule has 18 heavy (non-hydrogen) atoms. The van der Waals surface area contributed by atoms with Crippen molar-refractivity contribution in [3.8, 4) is 17.2 Å². The number of aromatic hydroxyl groups is 2. The van der Waals surface area contributed by atoms with Crippen molar-refractivity contribution in [3.63, 3.8) is 0 Å². The molecule has 5 heteroatoms. The van der Waals surface area contributed by atoms with Gasteiger partial charge < -0.3 is 10.2 Å². The first-order valence-electron chi connectivity index (χ1n) is 5.49. The summed E-state index contributed by atoms with van der Waals surface area (Å²) in [6.45, 7) is 1.93. The SMILES string of the molecule is Cc1ccc(O)c(-n2nc3ccc(O)cc3n2)c1. The molecule has 0 atom stereocenters. The highest BCUT2D eigenvalue weighted by atomic mass is 16.3. The lowest BCUT2D eigenvalue weighted by Crippen LogP contribution is -1.99. The quantitative estimate of drug-likeness (QED) is 0.684. The Labute approximate surface area is 103 Å². The molecule has 0 aliphatic heterocycles. The van der Waals surface area contributed by atoms with E-state index in [9.17, 15) is 10.2 Å². The maximum absolute atomic E-state index is 9.82. The Balaban J connectivity index is 2.22. The standard InChI is InChI=1S/C13H11N3O2/c1-8-2-5-13(18)12(6-8)16-14-10-4-3-9(17)7-11(10)15-16/h2-7,17-18H,1H3. The summed E-state index contributed by atoms with van der Waals surface area (Å²) in [6, 6.07) is 9.99. The van der Waals surface area contributed by atoms with Crippen LogP contribution in [-0.2, 0) is 0 Å². The number of aromatic nitrogens is 3. The molecule has 0 spiro atoms. The number of phenols is 2. The molecule has 0 fully saturated rings. The zero-order valence-electron chi connectivity index (χ0n) is 9.70. The smallest absolute Gasteiger partial charge is 0.143 e. The van der Waals surface area contributed by atoms with Crippen LogP contribution in [0.2, 0.25) is 0 Å². The van der Waals surface area contributed by atoms with E-state index in [1.165, 1.54) is 10.9 Å². The van der Waals surface area contributed by atoms with Crippen LogP contribution in [0.25, 0.3) is 16.7 Å². The fraction of sp³-hybridized carbons (Fsp3) is 0.0769. The predicted molar refractivity (Wildman–Crippen MR) is 66.9 cm³/mol. The first kappa shape index (κ1) is 10.6. The van der Waals surface area contributed by atoms with E-state index in [0.29, 0.717) is 16.7 Å². The van der Waals surface area contributed by atoms with Crippen LogP contribution in [0, 0.1) is 6.92 Å². The summed E-state index contributed by atoms with van der Waals surface area (Å²) in [5.41, 5.74) is 2.77. The minimum absolute atomic E-state index is 0.116. The first-order valence-corrected chi connectivity index (χ1v) is 5.49. The second-order valence-corrected chi connectivity index (χ2v) is 4.15. The van der Waals surface area contributed by atoms with Crippen LogP contribution in [0.1, 0.15) is 5.56 Å². The van der Waals surface area contributed by atoms with Crippen molar-refractivity contribution >= 4 is 11.0 Å². The molecular formula is C13H11N3O2. The van der Waals surface area contributed by atoms with Gasteiger partial charge in [-0.05, 0) is 36.8 Å². The molecule has 3 rings (SSSR count). The molecule has 0 aliphatic carbocycles. The molecule has 90 valence electrons. The second-order valence-electron chi connectivity index (χ2n) is 4.15. The number of nitrogens with zero attached hydrogens (tertiary/aromatic N) is 3. The Hall–Kier alpha value is -2.56. The molecule has 0 saturated heterocycles. The highest BCUT2D eigenvalue weighted by Crippen LogP contribution is 2.23. The van der Waals surface area contributed by atoms with Crippen LogP contribution in [0.5, 0.6) is 11.5 Å². The van der Waals surface area contributed by atoms with E-state index >= 15 is 0 Å². The Kier molecular flexibility index (Phi) is 2.19. The Morgan fingerprint density at radius 1 is 0.944 bits per heavy atom. The first-order chi connectivity index (χ1) is 8.63. The van der Waals surface area contributed by atoms with E-state index < -0.39 is 0 Å². The highest BCUT2D eigenvalue weighted by Gasteiger charge is 2.09. The monoisotopic (exact) mass is 241 g/mol. The number of hydrogen-bond donors (Lipinski definition) is 2. The van der Waals surface area contributed by atoms with E-state index in [2.05, 4.69) is 10.2 Å². The number of aryl methyl sites for hydroxylation is 1. The summed E-state index contributed by atoms with van der Waals surface area (Å²) in [7, 11) is 0. The fourth-order valence-corrected chi connectivity index (χ4v) is 1.80. The van der Waals surface area contributed by atoms with Crippen molar-refractivity contribution in [2.75, 3.05) is 0 Å². The van der Waals surface area contributed by atoms with Crippen molar-refractivity contribution in [1.82, 2.24) is 15.0 Å². The van der Waals surface area contributed by atoms with Gasteiger partial charge in [-0.2, -0.15) is 0 Å². The van der Waals surface area contributed by atoms with E-state index in [1.54, 1.807) is 24.3 Å². The van der Waals surface area contributed by atoms with Crippen LogP contribution in [0.4, 0.5) is 0 Å². The number of fused-ring (bicyclic) bond motifs is 1. The normalized spacial score (nSPS) is 10.9. The zero-order valence-corrected chi connectivity index (χ0v) is 9.70. The lowest BCUT2D eigenvalue weighted by atomic mass is 10.2. The van der Waals surface area contributed by atoms with Crippen LogP contribution < -0.4 is 0 Å². The van der Waals surface area contributed by atoms with Crippen molar-refractivity contribution in [1.29, 1.82) is 0 Å². The minimum atomic E-state index is 0.116. The molecule has 2 aromatic carbocycles. The lowest BCUT2D eigenvalue weighted by Gasteiger charge is -2.03. The summed E-state index contributed by atoms with van der Waals surface area (Å²) in [4.78, 5) is 1.37. The highest BCUT2D eigenvalue weighted by molar-refractivity contribution is 5.75. The maximum Gasteiger partial charge on any atom is 0.143 e. The van der Waals surface area contributed by atoms with Gasteiger partial charge in [0.05, 0.1) is 0 Å². The number of phenolic OH excluding ortho intramolecular Hbond substituents is 2. The number of hydrogen-bond acceptors (Lipinski definition) is 4. The largest absolute Gasteiger partial charge is 0.508 e. The van der Waals surface area contributed by atoms with Gasteiger partial charge in [-0.15, -0.1) is 15.0 Å². The van der Waals surface area contributed by atoms with Crippen molar-refractivity contribution in [2.45, 2.75) is 6.92 Å². The number of rotatable bonds is 1. The molecule has 5 nitrogen and oxygen atoms in total. The maximum atomic E-state index is 9.82. The molecule has 0 aliphatic rings. The summed E-state index contributed by atoms with van der Waals surface area (Å²) in [6.07, 6.45) is 0. The zero-order chi connectivity index (χ0) is 12.7. The van der Waals surface area contributed by atoms with Gasteiger partial charge in [0.2, 0.25) is 0 Å². The van der Waals surface area contributed by atoms with Gasteiger partial charge in [-0.1, -0.05) is 6.07 Å². The van der Waals surface area contributed by atoms with E-state index in [4.69, 9.17) is 0 Å². The van der Waals surface area contributed by atoms with Crippen LogP contribution in [-0.4, -0.2) is 25.2 Å². The molecule has 0 unspecified atom stereocenters. The van der Waals surface area contributed by atoms with Gasteiger partial charge in [0.25, 0.3) is 0 Å². The van der Waals surface area contributed by atoms with Crippen LogP contribution >= 0.6 is 0 Å². The number of benzene rings is 2. The topological polar surface area (TPSA) is 71.2 Å². The molecule has 0 amide bonds. The van der Waals surface area contributed by atoms with E-state index in [1.807, 2.05) is 13.0 Å². The predicted octanol–water partition coefficient (Wildman–Crippen LogP) is 2.14. The minimum Gasteiger partial charge on any atom is -0.508 e. The average molecular weight is 241 g/mol. The van der Waals surface area contributed by atoms with Gasteiger partial charge in [0.1, 0.15) is 28.2 Å². The molecule has 0 saturated carbocycles. The summed E-state index contributed by atoms with van der Waals surface area (Å²) in [5, 5.41) is 27.7. The molecule has 0 bridgehead atoms. The summed E-state index contributed by atoms with van der Waals surface area (Å²) < 4.78 is 0. The van der Waals surface area contributed by atoms with Crippen molar-refractivity contribution < 1.29 is 10.2 Å². The van der Waals surface area contributed by atoms with Gasteiger partial charge >= 0.3 is 0 Å². The van der Waals surface area contributed by atoms with Crippen molar-refractivity contribution in [2.24, 2.45) is 0 Å². The van der Waals surface area contributed by atoms with Gasteiger partial charge in [-0.3, -0.25) is 0 Å². The van der Waals surface area contributed by atoms with Crippen molar-refractivity contribution in [3.05, 3.63) is 42.0 Å². The second kappa shape index (κ2) is 3.73. The molecule has 3 aromatic rings. The van der Waals surface area contributed by atoms with E-state index in [-0.39, 0.29) is 11.5 Å². The Morgan fingerprint density at radius 2 is 1.72 bits per heavy atom. The molecular weight excluding hydrogens is 230 g/mol. The average Bonchev–Trinajstić information content (AvgIpc) is 2.74. The van der Waals surface area contributed by atoms with Gasteiger partial charge in [0, 0.05) is 6.07 Å². The molecule has 0 radical (unpaired) electrons. The van der Waals surface area contributed by atoms with Crippen LogP contribution in [0.15, 0.2) is 36.4 Å². The Morgan fingerprint density at radius 3 is 2.56 bits per heavy atom. The third-order valence-corrected chi connectivity index (χ3v) is 2.71. The van der Waals surface area contributed by atoms with Crippen LogP contribution in [0.3, 0.4) is 0 Å². The third-order valence-electron chi connectivity index (χ3n) is 2.71. The molecule has 1 aromatic heterocycles. The Bertz CT molecular complexity index is 734.